The number of carbonyl (C=O) groups is 2. The first kappa shape index (κ1) is 11.6. The van der Waals surface area contributed by atoms with Gasteiger partial charge in [0.1, 0.15) is 0 Å². The maximum absolute atomic E-state index is 10.8. The van der Waals surface area contributed by atoms with Crippen molar-refractivity contribution in [1.29, 1.82) is 0 Å². The molecule has 0 rings (SSSR count). The van der Waals surface area contributed by atoms with Gasteiger partial charge in [0.05, 0.1) is 13.0 Å². The van der Waals surface area contributed by atoms with Crippen LogP contribution in [0.25, 0.3) is 0 Å². The third-order valence-corrected chi connectivity index (χ3v) is 1.74. The second-order valence-electron chi connectivity index (χ2n) is 2.10. The lowest BCUT2D eigenvalue weighted by molar-refractivity contribution is -0.147. The molecular formula is C6H10O4S2. The zero-order valence-corrected chi connectivity index (χ0v) is 8.27. The highest BCUT2D eigenvalue weighted by Gasteiger charge is 2.33. The average Bonchev–Trinajstić information content (AvgIpc) is 1.85. The number of carbonyl (C=O) groups excluding carboxylic acids is 1. The van der Waals surface area contributed by atoms with Gasteiger partial charge in [-0.15, -0.1) is 25.3 Å². The predicted octanol–water partition coefficient (Wildman–Crippen LogP) is 0.580. The number of carboxylic acids is 1. The van der Waals surface area contributed by atoms with Gasteiger partial charge in [-0.2, -0.15) is 0 Å². The Labute approximate surface area is 81.1 Å². The molecule has 0 saturated carbocycles. The molecule has 0 aliphatic carbocycles. The maximum atomic E-state index is 10.8. The third-order valence-electron chi connectivity index (χ3n) is 1.04. The number of aliphatic carboxylic acids is 1. The molecule has 12 heavy (non-hydrogen) atoms. The fraction of sp³-hybridized carbons (Fsp3) is 0.667. The van der Waals surface area contributed by atoms with Crippen LogP contribution in [0, 0.1) is 0 Å². The molecule has 0 radical (unpaired) electrons. The minimum Gasteiger partial charge on any atom is -0.480 e. The van der Waals surface area contributed by atoms with Crippen LogP contribution in [0.4, 0.5) is 0 Å². The van der Waals surface area contributed by atoms with Crippen molar-refractivity contribution < 1.29 is 19.4 Å². The third kappa shape index (κ3) is 3.87. The molecule has 0 aliphatic heterocycles. The van der Waals surface area contributed by atoms with Gasteiger partial charge in [-0.25, -0.2) is 4.79 Å². The van der Waals surface area contributed by atoms with Gasteiger partial charge in [-0.1, -0.05) is 0 Å². The Bertz CT molecular complexity index is 190. The van der Waals surface area contributed by atoms with Gasteiger partial charge in [0.15, 0.2) is 4.08 Å². The molecule has 70 valence electrons. The van der Waals surface area contributed by atoms with Crippen molar-refractivity contribution in [3.05, 3.63) is 0 Å². The highest BCUT2D eigenvalue weighted by atomic mass is 32.2. The van der Waals surface area contributed by atoms with E-state index >= 15 is 0 Å². The van der Waals surface area contributed by atoms with Crippen molar-refractivity contribution in [1.82, 2.24) is 0 Å². The maximum Gasteiger partial charge on any atom is 0.330 e. The van der Waals surface area contributed by atoms with E-state index in [9.17, 15) is 9.59 Å². The quantitative estimate of drug-likeness (QED) is 0.361. The number of hydrogen-bond donors (Lipinski definition) is 3. The summed E-state index contributed by atoms with van der Waals surface area (Å²) in [5, 5.41) is 8.50. The highest BCUT2D eigenvalue weighted by molar-refractivity contribution is 8.02. The van der Waals surface area contributed by atoms with Gasteiger partial charge in [0.2, 0.25) is 0 Å². The molecule has 0 aromatic rings. The van der Waals surface area contributed by atoms with Gasteiger partial charge in [-0.3, -0.25) is 4.79 Å². The molecule has 0 unspecified atom stereocenters. The Hall–Kier alpha value is -0.360. The Balaban J connectivity index is 4.06. The molecule has 0 aliphatic rings. The van der Waals surface area contributed by atoms with E-state index in [1.807, 2.05) is 0 Å². The summed E-state index contributed by atoms with van der Waals surface area (Å²) in [4.78, 5) is 21.2. The van der Waals surface area contributed by atoms with Gasteiger partial charge in [0, 0.05) is 0 Å². The predicted molar refractivity (Wildman–Crippen MR) is 49.6 cm³/mol. The summed E-state index contributed by atoms with van der Waals surface area (Å²) in [6, 6.07) is 0. The van der Waals surface area contributed by atoms with Crippen LogP contribution in [0.1, 0.15) is 13.3 Å². The zero-order valence-electron chi connectivity index (χ0n) is 6.48. The van der Waals surface area contributed by atoms with Gasteiger partial charge in [0.25, 0.3) is 0 Å². The largest absolute Gasteiger partial charge is 0.480 e. The minimum absolute atomic E-state index is 0.218. The smallest absolute Gasteiger partial charge is 0.330 e. The van der Waals surface area contributed by atoms with Crippen molar-refractivity contribution >= 4 is 37.2 Å². The van der Waals surface area contributed by atoms with Crippen LogP contribution in [0.15, 0.2) is 0 Å². The lowest BCUT2D eigenvalue weighted by Gasteiger charge is -2.15. The van der Waals surface area contributed by atoms with E-state index in [1.165, 1.54) is 0 Å². The van der Waals surface area contributed by atoms with Crippen molar-refractivity contribution in [3.8, 4) is 0 Å². The summed E-state index contributed by atoms with van der Waals surface area (Å²) in [7, 11) is 0. The highest BCUT2D eigenvalue weighted by Crippen LogP contribution is 2.24. The fourth-order valence-corrected chi connectivity index (χ4v) is 0.747. The van der Waals surface area contributed by atoms with E-state index in [1.54, 1.807) is 6.92 Å². The van der Waals surface area contributed by atoms with E-state index in [-0.39, 0.29) is 13.0 Å². The first-order chi connectivity index (χ1) is 5.40. The van der Waals surface area contributed by atoms with Crippen LogP contribution < -0.4 is 0 Å². The molecule has 0 aromatic carbocycles. The molecule has 0 fully saturated rings. The Kier molecular flexibility index (Phi) is 4.47. The van der Waals surface area contributed by atoms with Crippen molar-refractivity contribution in [2.75, 3.05) is 6.61 Å². The van der Waals surface area contributed by atoms with Crippen LogP contribution in [-0.4, -0.2) is 27.7 Å². The molecular weight excluding hydrogens is 200 g/mol. The van der Waals surface area contributed by atoms with Crippen LogP contribution in [0.5, 0.6) is 0 Å². The van der Waals surface area contributed by atoms with Crippen LogP contribution >= 0.6 is 25.3 Å². The van der Waals surface area contributed by atoms with Crippen LogP contribution in [0.2, 0.25) is 0 Å². The molecule has 0 bridgehead atoms. The van der Waals surface area contributed by atoms with Gasteiger partial charge >= 0.3 is 11.9 Å². The summed E-state index contributed by atoms with van der Waals surface area (Å²) in [5.41, 5.74) is 0. The molecule has 0 heterocycles. The summed E-state index contributed by atoms with van der Waals surface area (Å²) in [5.74, 6) is -1.88. The van der Waals surface area contributed by atoms with E-state index in [0.29, 0.717) is 0 Å². The number of hydrogen-bond acceptors (Lipinski definition) is 5. The number of esters is 1. The monoisotopic (exact) mass is 210 g/mol. The van der Waals surface area contributed by atoms with E-state index in [0.717, 1.165) is 0 Å². The molecule has 6 heteroatoms. The lowest BCUT2D eigenvalue weighted by atomic mass is 10.3. The number of rotatable bonds is 4. The Morgan fingerprint density at radius 2 is 2.00 bits per heavy atom. The molecule has 0 spiro atoms. The molecule has 1 N–H and O–H groups in total. The zero-order chi connectivity index (χ0) is 9.78. The van der Waals surface area contributed by atoms with E-state index < -0.39 is 16.0 Å². The first-order valence-corrected chi connectivity index (χ1v) is 4.13. The van der Waals surface area contributed by atoms with E-state index in [4.69, 9.17) is 5.11 Å². The Morgan fingerprint density at radius 1 is 1.50 bits per heavy atom. The van der Waals surface area contributed by atoms with Crippen LogP contribution in [-0.2, 0) is 14.3 Å². The minimum atomic E-state index is -1.65. The summed E-state index contributed by atoms with van der Waals surface area (Å²) in [6.45, 7) is 1.85. The Morgan fingerprint density at radius 3 is 2.33 bits per heavy atom. The number of ether oxygens (including phenoxy) is 1. The van der Waals surface area contributed by atoms with Crippen molar-refractivity contribution in [2.24, 2.45) is 0 Å². The number of thiol groups is 2. The summed E-state index contributed by atoms with van der Waals surface area (Å²) >= 11 is 7.36. The van der Waals surface area contributed by atoms with Gasteiger partial charge < -0.3 is 9.84 Å². The van der Waals surface area contributed by atoms with Gasteiger partial charge in [-0.05, 0) is 6.92 Å². The van der Waals surface area contributed by atoms with Crippen molar-refractivity contribution in [3.63, 3.8) is 0 Å². The van der Waals surface area contributed by atoms with Crippen molar-refractivity contribution in [2.45, 2.75) is 17.4 Å². The second-order valence-corrected chi connectivity index (χ2v) is 3.98. The molecule has 0 atom stereocenters. The topological polar surface area (TPSA) is 63.6 Å². The standard InChI is InChI=1S/C6H10O4S2/c1-2-10-4(7)3-6(11,12)5(8)9/h11-12H,2-3H2,1H3,(H,8,9). The summed E-state index contributed by atoms with van der Waals surface area (Å²) < 4.78 is 2.88. The molecule has 0 amide bonds. The lowest BCUT2D eigenvalue weighted by Crippen LogP contribution is -2.29. The number of carboxylic acid groups (broad SMARTS) is 1. The van der Waals surface area contributed by atoms with Crippen LogP contribution in [0.3, 0.4) is 0 Å². The van der Waals surface area contributed by atoms with E-state index in [2.05, 4.69) is 30.0 Å². The first-order valence-electron chi connectivity index (χ1n) is 3.24. The summed E-state index contributed by atoms with van der Waals surface area (Å²) in [6.07, 6.45) is -0.359. The SMILES string of the molecule is CCOC(=O)CC(S)(S)C(=O)O. The second kappa shape index (κ2) is 4.61. The fourth-order valence-electron chi connectivity index (χ4n) is 0.489. The molecule has 0 saturated heterocycles. The average molecular weight is 210 g/mol. The normalized spacial score (nSPS) is 10.9. The molecule has 0 aromatic heterocycles. The molecule has 4 nitrogen and oxygen atoms in total.